The van der Waals surface area contributed by atoms with Gasteiger partial charge in [0.2, 0.25) is 0 Å². The lowest BCUT2D eigenvalue weighted by molar-refractivity contribution is 0.570. The summed E-state index contributed by atoms with van der Waals surface area (Å²) in [6.07, 6.45) is 2.92. The van der Waals surface area contributed by atoms with Crippen molar-refractivity contribution in [3.8, 4) is 0 Å². The molecule has 0 aliphatic rings. The molecule has 0 unspecified atom stereocenters. The Bertz CT molecular complexity index is 224. The predicted molar refractivity (Wildman–Crippen MR) is 34.4 cm³/mol. The highest BCUT2D eigenvalue weighted by Crippen LogP contribution is 1.91. The minimum atomic E-state index is 0.646. The molecule has 1 aromatic heterocycles. The molecule has 2 nitrogen and oxygen atoms in total. The first-order valence-corrected chi connectivity index (χ1v) is 2.55. The van der Waals surface area contributed by atoms with Crippen molar-refractivity contribution in [1.29, 1.82) is 0 Å². The van der Waals surface area contributed by atoms with E-state index in [1.165, 1.54) is 6.08 Å². The van der Waals surface area contributed by atoms with Crippen molar-refractivity contribution in [2.45, 2.75) is 0 Å². The Balaban J connectivity index is 2.97. The molecular formula is C7H5NO. The van der Waals surface area contributed by atoms with Gasteiger partial charge < -0.3 is 0 Å². The summed E-state index contributed by atoms with van der Waals surface area (Å²) in [6, 6.07) is 5.35. The molecule has 0 amide bonds. The molecule has 0 radical (unpaired) electrons. The van der Waals surface area contributed by atoms with Crippen LogP contribution in [0.2, 0.25) is 0 Å². The van der Waals surface area contributed by atoms with E-state index >= 15 is 0 Å². The number of nitrogens with zero attached hydrogens (tertiary/aromatic N) is 1. The molecule has 2 heteroatoms. The average Bonchev–Trinajstić information content (AvgIpc) is 1.91. The monoisotopic (exact) mass is 119 g/mol. The summed E-state index contributed by atoms with van der Waals surface area (Å²) in [4.78, 5) is 13.6. The van der Waals surface area contributed by atoms with E-state index in [-0.39, 0.29) is 0 Å². The molecular weight excluding hydrogens is 114 g/mol. The molecule has 0 fully saturated rings. The molecule has 1 heterocycles. The van der Waals surface area contributed by atoms with Crippen molar-refractivity contribution < 1.29 is 4.79 Å². The lowest BCUT2D eigenvalue weighted by Gasteiger charge is -1.83. The minimum Gasteiger partial charge on any atom is -0.256 e. The van der Waals surface area contributed by atoms with Gasteiger partial charge in [0.25, 0.3) is 0 Å². The molecule has 0 aliphatic carbocycles. The van der Waals surface area contributed by atoms with Crippen LogP contribution in [0.3, 0.4) is 0 Å². The second kappa shape index (κ2) is 2.80. The quantitative estimate of drug-likeness (QED) is 0.514. The Morgan fingerprint density at radius 3 is 3.00 bits per heavy atom. The zero-order valence-corrected chi connectivity index (χ0v) is 4.74. The van der Waals surface area contributed by atoms with E-state index in [1.54, 1.807) is 24.3 Å². The van der Waals surface area contributed by atoms with Gasteiger partial charge in [0.05, 0.1) is 5.69 Å². The van der Waals surface area contributed by atoms with Crippen LogP contribution < -0.4 is 0 Å². The van der Waals surface area contributed by atoms with E-state index in [0.717, 1.165) is 0 Å². The summed E-state index contributed by atoms with van der Waals surface area (Å²) in [7, 11) is 0. The number of hydrogen-bond donors (Lipinski definition) is 0. The Morgan fingerprint density at radius 1 is 1.56 bits per heavy atom. The first-order chi connectivity index (χ1) is 4.43. The van der Waals surface area contributed by atoms with Gasteiger partial charge >= 0.3 is 0 Å². The Kier molecular flexibility index (Phi) is 1.78. The van der Waals surface area contributed by atoms with Crippen LogP contribution in [0.1, 0.15) is 5.69 Å². The summed E-state index contributed by atoms with van der Waals surface area (Å²) in [5.41, 5.74) is 0.646. The molecule has 0 atom stereocenters. The third-order valence-electron chi connectivity index (χ3n) is 0.895. The van der Waals surface area contributed by atoms with Crippen LogP contribution in [0, 0.1) is 0 Å². The molecule has 9 heavy (non-hydrogen) atoms. The summed E-state index contributed by atoms with van der Waals surface area (Å²) < 4.78 is 0. The number of rotatable bonds is 1. The standard InChI is InChI=1S/C7H5NO/c9-6-4-7-3-1-2-5-8-7/h1-5H. The maximum atomic E-state index is 9.75. The smallest absolute Gasteiger partial charge is 0.126 e. The van der Waals surface area contributed by atoms with Gasteiger partial charge in [-0.2, -0.15) is 0 Å². The van der Waals surface area contributed by atoms with Gasteiger partial charge in [-0.1, -0.05) is 6.07 Å². The van der Waals surface area contributed by atoms with Crippen LogP contribution in [-0.2, 0) is 4.79 Å². The van der Waals surface area contributed by atoms with Crippen molar-refractivity contribution in [2.24, 2.45) is 0 Å². The van der Waals surface area contributed by atoms with E-state index in [1.807, 2.05) is 6.07 Å². The second-order valence-electron chi connectivity index (χ2n) is 1.52. The summed E-state index contributed by atoms with van der Waals surface area (Å²) >= 11 is 0. The van der Waals surface area contributed by atoms with Crippen LogP contribution in [-0.4, -0.2) is 10.9 Å². The van der Waals surface area contributed by atoms with Crippen molar-refractivity contribution >= 4 is 12.0 Å². The van der Waals surface area contributed by atoms with Crippen molar-refractivity contribution in [3.05, 3.63) is 30.1 Å². The van der Waals surface area contributed by atoms with Crippen molar-refractivity contribution in [3.63, 3.8) is 0 Å². The Hall–Kier alpha value is -1.40. The SMILES string of the molecule is O=C=Cc1ccccn1. The van der Waals surface area contributed by atoms with Gasteiger partial charge in [0.15, 0.2) is 0 Å². The maximum absolute atomic E-state index is 9.75. The fraction of sp³-hybridized carbons (Fsp3) is 0. The lowest BCUT2D eigenvalue weighted by Crippen LogP contribution is -1.75. The number of hydrogen-bond acceptors (Lipinski definition) is 2. The van der Waals surface area contributed by atoms with Crippen LogP contribution in [0.25, 0.3) is 6.08 Å². The van der Waals surface area contributed by atoms with E-state index in [9.17, 15) is 4.79 Å². The average molecular weight is 119 g/mol. The highest BCUT2D eigenvalue weighted by Gasteiger charge is 1.80. The van der Waals surface area contributed by atoms with Gasteiger partial charge in [0.1, 0.15) is 5.94 Å². The van der Waals surface area contributed by atoms with Gasteiger partial charge in [-0.15, -0.1) is 0 Å². The first-order valence-electron chi connectivity index (χ1n) is 2.55. The molecule has 0 bridgehead atoms. The third kappa shape index (κ3) is 1.52. The lowest BCUT2D eigenvalue weighted by atomic mass is 10.3. The number of carbonyl (C=O) groups excluding carboxylic acids is 1. The number of aromatic nitrogens is 1. The van der Waals surface area contributed by atoms with Gasteiger partial charge in [-0.05, 0) is 12.1 Å². The number of pyridine rings is 1. The zero-order chi connectivity index (χ0) is 6.53. The summed E-state index contributed by atoms with van der Waals surface area (Å²) in [6.45, 7) is 0. The molecule has 0 aliphatic heterocycles. The predicted octanol–water partition coefficient (Wildman–Crippen LogP) is 0.926. The highest BCUT2D eigenvalue weighted by molar-refractivity contribution is 5.72. The third-order valence-corrected chi connectivity index (χ3v) is 0.895. The van der Waals surface area contributed by atoms with Crippen LogP contribution >= 0.6 is 0 Å². The van der Waals surface area contributed by atoms with Crippen LogP contribution in [0.5, 0.6) is 0 Å². The Morgan fingerprint density at radius 2 is 2.44 bits per heavy atom. The van der Waals surface area contributed by atoms with E-state index in [0.29, 0.717) is 5.69 Å². The Labute approximate surface area is 52.9 Å². The first kappa shape index (κ1) is 5.73. The van der Waals surface area contributed by atoms with Gasteiger partial charge in [0, 0.05) is 12.3 Å². The van der Waals surface area contributed by atoms with E-state index in [4.69, 9.17) is 0 Å². The molecule has 0 spiro atoms. The fourth-order valence-electron chi connectivity index (χ4n) is 0.522. The summed E-state index contributed by atoms with van der Waals surface area (Å²) in [5.74, 6) is 1.65. The van der Waals surface area contributed by atoms with Crippen molar-refractivity contribution in [2.75, 3.05) is 0 Å². The normalized spacial score (nSPS) is 8.00. The van der Waals surface area contributed by atoms with Crippen molar-refractivity contribution in [1.82, 2.24) is 4.98 Å². The summed E-state index contributed by atoms with van der Waals surface area (Å²) in [5, 5.41) is 0. The topological polar surface area (TPSA) is 30.0 Å². The zero-order valence-electron chi connectivity index (χ0n) is 4.74. The molecule has 1 rings (SSSR count). The molecule has 0 aromatic carbocycles. The largest absolute Gasteiger partial charge is 0.256 e. The second-order valence-corrected chi connectivity index (χ2v) is 1.52. The molecule has 0 saturated heterocycles. The van der Waals surface area contributed by atoms with Crippen LogP contribution in [0.4, 0.5) is 0 Å². The highest BCUT2D eigenvalue weighted by atomic mass is 16.1. The molecule has 1 aromatic rings. The van der Waals surface area contributed by atoms with Gasteiger partial charge in [-0.3, -0.25) is 4.98 Å². The maximum Gasteiger partial charge on any atom is 0.126 e. The fourth-order valence-corrected chi connectivity index (χ4v) is 0.522. The van der Waals surface area contributed by atoms with Gasteiger partial charge in [-0.25, -0.2) is 4.79 Å². The van der Waals surface area contributed by atoms with E-state index in [2.05, 4.69) is 4.98 Å². The minimum absolute atomic E-state index is 0.646. The van der Waals surface area contributed by atoms with Crippen LogP contribution in [0.15, 0.2) is 24.4 Å². The van der Waals surface area contributed by atoms with E-state index < -0.39 is 0 Å². The molecule has 44 valence electrons. The molecule has 0 N–H and O–H groups in total. The molecule has 0 saturated carbocycles.